The van der Waals surface area contributed by atoms with Crippen LogP contribution in [-0.2, 0) is 9.53 Å². The first-order chi connectivity index (χ1) is 11.7. The van der Waals surface area contributed by atoms with Crippen molar-refractivity contribution in [1.29, 1.82) is 0 Å². The molecule has 6 nitrogen and oxygen atoms in total. The van der Waals surface area contributed by atoms with Crippen molar-refractivity contribution in [2.45, 2.75) is 33.3 Å². The predicted molar refractivity (Wildman–Crippen MR) is 99.1 cm³/mol. The number of nitrogens with one attached hydrogen (secondary N) is 1. The van der Waals surface area contributed by atoms with Gasteiger partial charge in [-0.1, -0.05) is 17.7 Å². The molecular weight excluding hydrogens is 342 g/mol. The molecular formula is C18H26ClN3O3. The van der Waals surface area contributed by atoms with Gasteiger partial charge in [0.1, 0.15) is 5.60 Å². The van der Waals surface area contributed by atoms with E-state index in [1.54, 1.807) is 9.80 Å². The average Bonchev–Trinajstić information content (AvgIpc) is 2.52. The van der Waals surface area contributed by atoms with Crippen LogP contribution in [0.3, 0.4) is 0 Å². The van der Waals surface area contributed by atoms with E-state index in [0.717, 1.165) is 11.3 Å². The molecule has 2 amide bonds. The van der Waals surface area contributed by atoms with Crippen LogP contribution in [0.5, 0.6) is 0 Å². The summed E-state index contributed by atoms with van der Waals surface area (Å²) in [6, 6.07) is 5.66. The third-order valence-corrected chi connectivity index (χ3v) is 4.15. The van der Waals surface area contributed by atoms with Crippen molar-refractivity contribution in [3.63, 3.8) is 0 Å². The monoisotopic (exact) mass is 367 g/mol. The molecule has 1 aliphatic rings. The number of hydrogen-bond donors (Lipinski definition) is 1. The number of hydrogen-bond acceptors (Lipinski definition) is 4. The highest BCUT2D eigenvalue weighted by Gasteiger charge is 2.27. The summed E-state index contributed by atoms with van der Waals surface area (Å²) >= 11 is 6.16. The SMILES string of the molecule is Cc1ccc(NCC(=O)N2CCN(C(=O)OC(C)(C)C)CC2)c(Cl)c1. The summed E-state index contributed by atoms with van der Waals surface area (Å²) in [4.78, 5) is 27.8. The van der Waals surface area contributed by atoms with E-state index in [4.69, 9.17) is 16.3 Å². The Hall–Kier alpha value is -1.95. The van der Waals surface area contributed by atoms with Crippen molar-refractivity contribution in [3.05, 3.63) is 28.8 Å². The topological polar surface area (TPSA) is 61.9 Å². The zero-order chi connectivity index (χ0) is 18.6. The molecule has 1 N–H and O–H groups in total. The van der Waals surface area contributed by atoms with Crippen LogP contribution in [0.2, 0.25) is 5.02 Å². The summed E-state index contributed by atoms with van der Waals surface area (Å²) in [6.45, 7) is 9.62. The second kappa shape index (κ2) is 7.95. The van der Waals surface area contributed by atoms with E-state index in [0.29, 0.717) is 31.2 Å². The van der Waals surface area contributed by atoms with E-state index in [9.17, 15) is 9.59 Å². The molecule has 0 spiro atoms. The Morgan fingerprint density at radius 3 is 2.32 bits per heavy atom. The van der Waals surface area contributed by atoms with Gasteiger partial charge in [-0.05, 0) is 45.4 Å². The van der Waals surface area contributed by atoms with E-state index in [1.807, 2.05) is 45.9 Å². The third kappa shape index (κ3) is 5.81. The Morgan fingerprint density at radius 2 is 1.76 bits per heavy atom. The van der Waals surface area contributed by atoms with Gasteiger partial charge in [0.15, 0.2) is 0 Å². The first-order valence-electron chi connectivity index (χ1n) is 8.41. The number of rotatable bonds is 3. The van der Waals surface area contributed by atoms with Crippen molar-refractivity contribution >= 4 is 29.3 Å². The number of halogens is 1. The van der Waals surface area contributed by atoms with Gasteiger partial charge in [0.2, 0.25) is 5.91 Å². The molecule has 1 aliphatic heterocycles. The summed E-state index contributed by atoms with van der Waals surface area (Å²) in [7, 11) is 0. The quantitative estimate of drug-likeness (QED) is 0.891. The number of benzene rings is 1. The minimum atomic E-state index is -0.513. The van der Waals surface area contributed by atoms with Gasteiger partial charge in [-0.15, -0.1) is 0 Å². The second-order valence-electron chi connectivity index (χ2n) is 7.19. The predicted octanol–water partition coefficient (Wildman–Crippen LogP) is 3.14. The molecule has 2 rings (SSSR count). The maximum absolute atomic E-state index is 12.3. The van der Waals surface area contributed by atoms with Crippen molar-refractivity contribution in [2.75, 3.05) is 38.0 Å². The van der Waals surface area contributed by atoms with Crippen LogP contribution in [0.4, 0.5) is 10.5 Å². The Balaban J connectivity index is 1.80. The maximum Gasteiger partial charge on any atom is 0.410 e. The van der Waals surface area contributed by atoms with Crippen molar-refractivity contribution < 1.29 is 14.3 Å². The molecule has 0 bridgehead atoms. The molecule has 1 saturated heterocycles. The fraction of sp³-hybridized carbons (Fsp3) is 0.556. The van der Waals surface area contributed by atoms with Gasteiger partial charge in [0.25, 0.3) is 0 Å². The molecule has 1 aromatic rings. The number of anilines is 1. The highest BCUT2D eigenvalue weighted by Crippen LogP contribution is 2.22. The number of aryl methyl sites for hydroxylation is 1. The Labute approximate surface area is 154 Å². The standard InChI is InChI=1S/C18H26ClN3O3/c1-13-5-6-15(14(19)11-13)20-12-16(23)21-7-9-22(10-8-21)17(24)25-18(2,3)4/h5-6,11,20H,7-10,12H2,1-4H3. The number of piperazine rings is 1. The number of carbonyl (C=O) groups excluding carboxylic acids is 2. The highest BCUT2D eigenvalue weighted by atomic mass is 35.5. The summed E-state index contributed by atoms with van der Waals surface area (Å²) in [5, 5.41) is 3.67. The lowest BCUT2D eigenvalue weighted by Gasteiger charge is -2.35. The number of amides is 2. The largest absolute Gasteiger partial charge is 0.444 e. The molecule has 1 aromatic carbocycles. The molecule has 138 valence electrons. The minimum absolute atomic E-state index is 0.0134. The van der Waals surface area contributed by atoms with Crippen LogP contribution < -0.4 is 5.32 Å². The number of nitrogens with zero attached hydrogens (tertiary/aromatic N) is 2. The van der Waals surface area contributed by atoms with Crippen LogP contribution >= 0.6 is 11.6 Å². The Morgan fingerprint density at radius 1 is 1.16 bits per heavy atom. The van der Waals surface area contributed by atoms with Crippen LogP contribution in [0, 0.1) is 6.92 Å². The zero-order valence-corrected chi connectivity index (χ0v) is 16.0. The summed E-state index contributed by atoms with van der Waals surface area (Å²) in [6.07, 6.45) is -0.329. The first kappa shape index (κ1) is 19.4. The van der Waals surface area contributed by atoms with E-state index >= 15 is 0 Å². The molecule has 0 radical (unpaired) electrons. The van der Waals surface area contributed by atoms with Gasteiger partial charge in [-0.2, -0.15) is 0 Å². The summed E-state index contributed by atoms with van der Waals surface area (Å²) in [5.74, 6) is -0.0134. The number of ether oxygens (including phenoxy) is 1. The normalized spacial score (nSPS) is 15.1. The molecule has 1 fully saturated rings. The smallest absolute Gasteiger partial charge is 0.410 e. The van der Waals surface area contributed by atoms with Gasteiger partial charge in [-0.25, -0.2) is 4.79 Å². The van der Waals surface area contributed by atoms with Gasteiger partial charge >= 0.3 is 6.09 Å². The minimum Gasteiger partial charge on any atom is -0.444 e. The lowest BCUT2D eigenvalue weighted by Crippen LogP contribution is -2.52. The van der Waals surface area contributed by atoms with E-state index in [2.05, 4.69) is 5.32 Å². The third-order valence-electron chi connectivity index (χ3n) is 3.84. The molecule has 25 heavy (non-hydrogen) atoms. The lowest BCUT2D eigenvalue weighted by molar-refractivity contribution is -0.131. The van der Waals surface area contributed by atoms with E-state index in [1.165, 1.54) is 0 Å². The average molecular weight is 368 g/mol. The molecule has 0 atom stereocenters. The Kier molecular flexibility index (Phi) is 6.16. The molecule has 1 heterocycles. The fourth-order valence-electron chi connectivity index (χ4n) is 2.51. The first-order valence-corrected chi connectivity index (χ1v) is 8.79. The summed E-state index contributed by atoms with van der Waals surface area (Å²) < 4.78 is 5.36. The van der Waals surface area contributed by atoms with Gasteiger partial charge in [-0.3, -0.25) is 4.79 Å². The van der Waals surface area contributed by atoms with Gasteiger partial charge in [0, 0.05) is 26.2 Å². The molecule has 0 aromatic heterocycles. The van der Waals surface area contributed by atoms with Gasteiger partial charge < -0.3 is 19.9 Å². The highest BCUT2D eigenvalue weighted by molar-refractivity contribution is 6.33. The molecule has 0 aliphatic carbocycles. The van der Waals surface area contributed by atoms with Gasteiger partial charge in [0.05, 0.1) is 17.3 Å². The molecule has 7 heteroatoms. The van der Waals surface area contributed by atoms with Crippen LogP contribution in [0.1, 0.15) is 26.3 Å². The fourth-order valence-corrected chi connectivity index (χ4v) is 2.81. The van der Waals surface area contributed by atoms with Crippen LogP contribution in [0.15, 0.2) is 18.2 Å². The summed E-state index contributed by atoms with van der Waals surface area (Å²) in [5.41, 5.74) is 1.30. The van der Waals surface area contributed by atoms with E-state index < -0.39 is 5.60 Å². The Bertz CT molecular complexity index is 635. The van der Waals surface area contributed by atoms with Crippen molar-refractivity contribution in [1.82, 2.24) is 9.80 Å². The molecule has 0 saturated carbocycles. The lowest BCUT2D eigenvalue weighted by atomic mass is 10.2. The number of carbonyl (C=O) groups is 2. The van der Waals surface area contributed by atoms with Crippen LogP contribution in [0.25, 0.3) is 0 Å². The maximum atomic E-state index is 12.3. The van der Waals surface area contributed by atoms with Crippen molar-refractivity contribution in [2.24, 2.45) is 0 Å². The zero-order valence-electron chi connectivity index (χ0n) is 15.3. The molecule has 0 unspecified atom stereocenters. The van der Waals surface area contributed by atoms with Crippen molar-refractivity contribution in [3.8, 4) is 0 Å². The van der Waals surface area contributed by atoms with E-state index in [-0.39, 0.29) is 18.5 Å². The van der Waals surface area contributed by atoms with Crippen LogP contribution in [-0.4, -0.2) is 60.1 Å². The second-order valence-corrected chi connectivity index (χ2v) is 7.59.